The first-order chi connectivity index (χ1) is 15.4. The van der Waals surface area contributed by atoms with Gasteiger partial charge in [0.25, 0.3) is 0 Å². The maximum absolute atomic E-state index is 13.1. The van der Waals surface area contributed by atoms with E-state index in [9.17, 15) is 9.59 Å². The van der Waals surface area contributed by atoms with Crippen molar-refractivity contribution in [2.24, 2.45) is 11.3 Å². The van der Waals surface area contributed by atoms with E-state index in [2.05, 4.69) is 26.8 Å². The first-order valence-electron chi connectivity index (χ1n) is 11.1. The van der Waals surface area contributed by atoms with E-state index in [1.165, 1.54) is 6.33 Å². The molecule has 1 spiro atoms. The predicted octanol–water partition coefficient (Wildman–Crippen LogP) is 2.23. The van der Waals surface area contributed by atoms with Crippen molar-refractivity contribution in [1.82, 2.24) is 15.0 Å². The number of hydrogen-bond acceptors (Lipinski definition) is 6. The van der Waals surface area contributed by atoms with Crippen molar-refractivity contribution in [3.8, 4) is 5.88 Å². The summed E-state index contributed by atoms with van der Waals surface area (Å²) in [5.74, 6) is 0.247. The molecular formula is C23H25AsN4O4. The smallest absolute Gasteiger partial charge is 0.0441 e. The van der Waals surface area contributed by atoms with Crippen molar-refractivity contribution in [2.75, 3.05) is 18.1 Å². The Kier molecular flexibility index (Phi) is 5.66. The fourth-order valence-electron chi connectivity index (χ4n) is 5.66. The molecule has 1 N–H and O–H groups in total. The predicted molar refractivity (Wildman–Crippen MR) is 117 cm³/mol. The van der Waals surface area contributed by atoms with Crippen molar-refractivity contribution in [2.45, 2.75) is 50.9 Å². The van der Waals surface area contributed by atoms with Gasteiger partial charge < -0.3 is 5.11 Å². The zero-order chi connectivity index (χ0) is 22.3. The van der Waals surface area contributed by atoms with Crippen LogP contribution in [-0.4, -0.2) is 61.9 Å². The Morgan fingerprint density at radius 3 is 2.69 bits per heavy atom. The molecule has 166 valence electrons. The van der Waals surface area contributed by atoms with Gasteiger partial charge in [0.05, 0.1) is 0 Å². The Hall–Kier alpha value is -2.47. The molecule has 2 fully saturated rings. The van der Waals surface area contributed by atoms with Crippen LogP contribution in [0.3, 0.4) is 0 Å². The summed E-state index contributed by atoms with van der Waals surface area (Å²) in [5.41, 5.74) is 2.56. The van der Waals surface area contributed by atoms with Gasteiger partial charge in [0, 0.05) is 6.42 Å². The number of anilines is 1. The molecule has 2 saturated carbocycles. The van der Waals surface area contributed by atoms with Crippen LogP contribution in [0.2, 0.25) is 0 Å². The van der Waals surface area contributed by atoms with Gasteiger partial charge in [0.2, 0.25) is 0 Å². The van der Waals surface area contributed by atoms with Gasteiger partial charge in [-0.05, 0) is 18.8 Å². The first kappa shape index (κ1) is 21.4. The Balaban J connectivity index is 1.24. The Morgan fingerprint density at radius 2 is 2.00 bits per heavy atom. The number of rotatable bonds is 4. The number of hydrogen-bond donors (Lipinski definition) is 1. The topological polar surface area (TPSA) is 106 Å². The number of carboxylic acid groups (broad SMARTS) is 1. The average Bonchev–Trinajstić information content (AvgIpc) is 2.92. The number of carbonyl (C=O) groups is 2. The van der Waals surface area contributed by atoms with Crippen LogP contribution < -0.4 is 14.1 Å². The van der Waals surface area contributed by atoms with E-state index < -0.39 is 5.97 Å². The summed E-state index contributed by atoms with van der Waals surface area (Å²) in [6, 6.07) is 4.01. The summed E-state index contributed by atoms with van der Waals surface area (Å²) in [7, 11) is 0. The van der Waals surface area contributed by atoms with Gasteiger partial charge >= 0.3 is 160 Å². The van der Waals surface area contributed by atoms with Gasteiger partial charge in [-0.15, -0.1) is 0 Å². The van der Waals surface area contributed by atoms with Crippen LogP contribution >= 0.6 is 0 Å². The van der Waals surface area contributed by atoms with Crippen molar-refractivity contribution in [3.63, 3.8) is 0 Å². The molecule has 9 heteroatoms. The number of nitrogens with zero attached hydrogens (tertiary/aromatic N) is 4. The van der Waals surface area contributed by atoms with E-state index in [1.54, 1.807) is 11.1 Å². The van der Waals surface area contributed by atoms with Crippen LogP contribution in [0.25, 0.3) is 0 Å². The van der Waals surface area contributed by atoms with E-state index in [0.717, 1.165) is 49.9 Å². The van der Waals surface area contributed by atoms with Gasteiger partial charge in [-0.25, -0.2) is 0 Å². The van der Waals surface area contributed by atoms with Crippen molar-refractivity contribution < 1.29 is 19.4 Å². The van der Waals surface area contributed by atoms with Crippen molar-refractivity contribution in [3.05, 3.63) is 35.9 Å². The first-order valence-corrected chi connectivity index (χ1v) is 12.0. The molecule has 0 aromatic carbocycles. The van der Waals surface area contributed by atoms with Crippen LogP contribution in [0.15, 0.2) is 24.7 Å². The fraction of sp³-hybridized carbons (Fsp3) is 0.522. The van der Waals surface area contributed by atoms with Crippen molar-refractivity contribution in [1.29, 1.82) is 0 Å². The molecule has 2 aromatic rings. The van der Waals surface area contributed by atoms with Gasteiger partial charge in [0.1, 0.15) is 0 Å². The van der Waals surface area contributed by atoms with E-state index in [-0.39, 0.29) is 5.91 Å². The Morgan fingerprint density at radius 1 is 1.22 bits per heavy atom. The summed E-state index contributed by atoms with van der Waals surface area (Å²) in [4.78, 5) is 38.7. The summed E-state index contributed by atoms with van der Waals surface area (Å²) >= 11 is 2.30. The van der Waals surface area contributed by atoms with Gasteiger partial charge in [-0.2, -0.15) is 0 Å². The second-order valence-corrected chi connectivity index (χ2v) is 10.2. The molecule has 2 aromatic heterocycles. The number of pyridine rings is 1. The number of carbonyl (C=O) groups excluding carboxylic acids is 1. The number of carboxylic acids is 1. The fourth-order valence-corrected chi connectivity index (χ4v) is 6.17. The zero-order valence-corrected chi connectivity index (χ0v) is 19.6. The quantitative estimate of drug-likeness (QED) is 0.648. The second-order valence-electron chi connectivity index (χ2n) is 9.27. The van der Waals surface area contributed by atoms with Crippen LogP contribution in [0.4, 0.5) is 5.69 Å². The van der Waals surface area contributed by atoms with E-state index >= 15 is 0 Å². The number of fused-ring (bicyclic) bond motifs is 1. The third kappa shape index (κ3) is 4.01. The number of amides is 1. The summed E-state index contributed by atoms with van der Waals surface area (Å²) in [5, 5.41) is 8.99. The van der Waals surface area contributed by atoms with E-state index in [0.29, 0.717) is 52.7 Å². The molecule has 1 amide bonds. The van der Waals surface area contributed by atoms with E-state index in [4.69, 9.17) is 14.8 Å². The van der Waals surface area contributed by atoms with Crippen LogP contribution in [-0.2, 0) is 4.79 Å². The average molecular weight is 496 g/mol. The van der Waals surface area contributed by atoms with Crippen molar-refractivity contribution >= 4 is 38.9 Å². The number of aromatic nitrogens is 3. The third-order valence-electron chi connectivity index (χ3n) is 7.26. The SMILES string of the molecule is O=C(O)CC1CC2(CCC(c3ccc(N4CCOc5ncnc([As])c5C4=O)cn3)CC2)C1. The molecule has 1 aliphatic heterocycles. The minimum atomic E-state index is -0.678. The molecule has 2 aliphatic carbocycles. The standard InChI is InChI=1S/C23H25AsN4O4/c24-20-19-21(27-13-26-20)32-8-7-28(22(19)31)16-1-2-17(25-12-16)15-3-5-23(6-4-15)10-14(11-23)9-18(29)30/h1-2,12-15H,3-11H2,(H,29,30). The molecule has 0 unspecified atom stereocenters. The molecule has 8 nitrogen and oxygen atoms in total. The van der Waals surface area contributed by atoms with Crippen LogP contribution in [0.1, 0.15) is 66.9 Å². The molecule has 3 heterocycles. The monoisotopic (exact) mass is 496 g/mol. The van der Waals surface area contributed by atoms with Gasteiger partial charge in [0.15, 0.2) is 0 Å². The minimum absolute atomic E-state index is 0.177. The molecule has 2 radical (unpaired) electrons. The van der Waals surface area contributed by atoms with Crippen LogP contribution in [0, 0.1) is 11.3 Å². The Labute approximate surface area is 195 Å². The molecule has 3 aliphatic rings. The maximum Gasteiger partial charge on any atom is -0.0441 e. The molecule has 0 saturated heterocycles. The summed E-state index contributed by atoms with van der Waals surface area (Å²) in [6.45, 7) is 0.781. The molecule has 0 bridgehead atoms. The van der Waals surface area contributed by atoms with Gasteiger partial charge in [-0.1, -0.05) is 0 Å². The minimum Gasteiger partial charge on any atom is -0.0441 e. The molecular weight excluding hydrogens is 471 g/mol. The third-order valence-corrected chi connectivity index (χ3v) is 7.97. The second kappa shape index (κ2) is 8.47. The normalized spacial score (nSPS) is 27.3. The largest absolute Gasteiger partial charge is 0.0441 e. The summed E-state index contributed by atoms with van der Waals surface area (Å²) in [6.07, 6.45) is 10.1. The Bertz CT molecular complexity index is 1030. The van der Waals surface area contributed by atoms with Gasteiger partial charge in [-0.3, -0.25) is 4.79 Å². The number of aliphatic carboxylic acids is 1. The van der Waals surface area contributed by atoms with E-state index in [1.807, 2.05) is 12.1 Å². The molecule has 32 heavy (non-hydrogen) atoms. The maximum atomic E-state index is 13.1. The number of ether oxygens (including phenoxy) is 1. The molecule has 0 atom stereocenters. The summed E-state index contributed by atoms with van der Waals surface area (Å²) < 4.78 is 6.20. The zero-order valence-electron chi connectivity index (χ0n) is 17.7. The molecule has 5 rings (SSSR count). The van der Waals surface area contributed by atoms with Crippen LogP contribution in [0.5, 0.6) is 5.88 Å².